The molecule has 0 saturated carbocycles. The van der Waals surface area contributed by atoms with Crippen molar-refractivity contribution in [1.82, 2.24) is 4.98 Å². The molecule has 4 rings (SSSR count). The summed E-state index contributed by atoms with van der Waals surface area (Å²) in [7, 11) is 0. The number of para-hydroxylation sites is 2. The van der Waals surface area contributed by atoms with Gasteiger partial charge in [-0.15, -0.1) is 0 Å². The van der Waals surface area contributed by atoms with Crippen LogP contribution in [0.2, 0.25) is 0 Å². The standard InChI is InChI=1S/C22H18N2/c23-20-12-6-4-10-17(20)14-19-15-18-11-5-7-13-21(18)24-22(19)16-8-2-1-3-9-16/h1-13,15H,14,23H2. The Labute approximate surface area is 141 Å². The largest absolute Gasteiger partial charge is 0.398 e. The smallest absolute Gasteiger partial charge is 0.0745 e. The molecule has 0 saturated heterocycles. The molecule has 0 unspecified atom stereocenters. The van der Waals surface area contributed by atoms with E-state index < -0.39 is 0 Å². The number of hydrogen-bond donors (Lipinski definition) is 1. The molecule has 0 radical (unpaired) electrons. The molecule has 24 heavy (non-hydrogen) atoms. The van der Waals surface area contributed by atoms with Crippen LogP contribution in [0.3, 0.4) is 0 Å². The minimum atomic E-state index is 0.773. The Balaban J connectivity index is 1.90. The van der Waals surface area contributed by atoms with Gasteiger partial charge in [-0.2, -0.15) is 0 Å². The van der Waals surface area contributed by atoms with Gasteiger partial charge in [-0.1, -0.05) is 66.7 Å². The van der Waals surface area contributed by atoms with Crippen LogP contribution in [0.25, 0.3) is 22.2 Å². The van der Waals surface area contributed by atoms with E-state index in [1.165, 1.54) is 5.56 Å². The maximum atomic E-state index is 6.15. The van der Waals surface area contributed by atoms with Crippen LogP contribution in [0.5, 0.6) is 0 Å². The van der Waals surface area contributed by atoms with Gasteiger partial charge < -0.3 is 5.73 Å². The first-order valence-electron chi connectivity index (χ1n) is 8.09. The van der Waals surface area contributed by atoms with Gasteiger partial charge in [0, 0.05) is 23.1 Å². The average molecular weight is 310 g/mol. The number of nitrogens with zero attached hydrogens (tertiary/aromatic N) is 1. The van der Waals surface area contributed by atoms with Crippen molar-refractivity contribution in [3.8, 4) is 11.3 Å². The third-order valence-corrected chi connectivity index (χ3v) is 4.29. The molecular weight excluding hydrogens is 292 g/mol. The highest BCUT2D eigenvalue weighted by Crippen LogP contribution is 2.28. The molecule has 0 amide bonds. The molecule has 0 spiro atoms. The summed E-state index contributed by atoms with van der Waals surface area (Å²) in [6, 6.07) is 28.8. The van der Waals surface area contributed by atoms with Crippen molar-refractivity contribution in [1.29, 1.82) is 0 Å². The van der Waals surface area contributed by atoms with Crippen molar-refractivity contribution >= 4 is 16.6 Å². The van der Waals surface area contributed by atoms with Gasteiger partial charge in [-0.3, -0.25) is 0 Å². The first kappa shape index (κ1) is 14.5. The van der Waals surface area contributed by atoms with Crippen LogP contribution in [0.4, 0.5) is 5.69 Å². The molecule has 116 valence electrons. The number of hydrogen-bond acceptors (Lipinski definition) is 2. The number of anilines is 1. The van der Waals surface area contributed by atoms with E-state index in [1.54, 1.807) is 0 Å². The van der Waals surface area contributed by atoms with Crippen molar-refractivity contribution in [2.75, 3.05) is 5.73 Å². The molecule has 0 bridgehead atoms. The first-order chi connectivity index (χ1) is 11.8. The number of nitrogen functional groups attached to an aromatic ring is 1. The first-order valence-corrected chi connectivity index (χ1v) is 8.09. The summed E-state index contributed by atoms with van der Waals surface area (Å²) in [5, 5.41) is 1.15. The Bertz CT molecular complexity index is 991. The molecule has 1 heterocycles. The second-order valence-corrected chi connectivity index (χ2v) is 5.93. The highest BCUT2D eigenvalue weighted by molar-refractivity contribution is 5.83. The fourth-order valence-electron chi connectivity index (χ4n) is 3.04. The predicted molar refractivity (Wildman–Crippen MR) is 101 cm³/mol. The summed E-state index contributed by atoms with van der Waals surface area (Å²) >= 11 is 0. The van der Waals surface area contributed by atoms with Crippen molar-refractivity contribution in [3.05, 3.63) is 96.1 Å². The molecule has 2 nitrogen and oxygen atoms in total. The van der Waals surface area contributed by atoms with Gasteiger partial charge in [0.05, 0.1) is 11.2 Å². The lowest BCUT2D eigenvalue weighted by Crippen LogP contribution is -1.99. The normalized spacial score (nSPS) is 10.8. The van der Waals surface area contributed by atoms with E-state index in [0.29, 0.717) is 0 Å². The fourth-order valence-corrected chi connectivity index (χ4v) is 3.04. The third-order valence-electron chi connectivity index (χ3n) is 4.29. The highest BCUT2D eigenvalue weighted by Gasteiger charge is 2.11. The lowest BCUT2D eigenvalue weighted by Gasteiger charge is -2.12. The zero-order valence-corrected chi connectivity index (χ0v) is 13.3. The van der Waals surface area contributed by atoms with Crippen LogP contribution in [-0.4, -0.2) is 4.98 Å². The van der Waals surface area contributed by atoms with Crippen LogP contribution < -0.4 is 5.73 Å². The number of benzene rings is 3. The van der Waals surface area contributed by atoms with Crippen LogP contribution in [-0.2, 0) is 6.42 Å². The SMILES string of the molecule is Nc1ccccc1Cc1cc2ccccc2nc1-c1ccccc1. The van der Waals surface area contributed by atoms with Gasteiger partial charge in [0.15, 0.2) is 0 Å². The summed E-state index contributed by atoms with van der Waals surface area (Å²) < 4.78 is 0. The Morgan fingerprint density at radius 2 is 1.42 bits per heavy atom. The lowest BCUT2D eigenvalue weighted by atomic mass is 9.97. The van der Waals surface area contributed by atoms with Gasteiger partial charge in [-0.25, -0.2) is 4.98 Å². The number of aromatic nitrogens is 1. The van der Waals surface area contributed by atoms with Crippen LogP contribution >= 0.6 is 0 Å². The third kappa shape index (κ3) is 2.74. The van der Waals surface area contributed by atoms with E-state index in [1.807, 2.05) is 48.5 Å². The highest BCUT2D eigenvalue weighted by atomic mass is 14.7. The minimum absolute atomic E-state index is 0.773. The Kier molecular flexibility index (Phi) is 3.72. The van der Waals surface area contributed by atoms with Crippen molar-refractivity contribution in [2.45, 2.75) is 6.42 Å². The number of rotatable bonds is 3. The minimum Gasteiger partial charge on any atom is -0.398 e. The van der Waals surface area contributed by atoms with Gasteiger partial charge in [-0.05, 0) is 29.3 Å². The zero-order chi connectivity index (χ0) is 16.4. The van der Waals surface area contributed by atoms with Crippen LogP contribution in [0.15, 0.2) is 84.9 Å². The van der Waals surface area contributed by atoms with E-state index >= 15 is 0 Å². The summed E-state index contributed by atoms with van der Waals surface area (Å²) in [5.41, 5.74) is 12.5. The van der Waals surface area contributed by atoms with E-state index in [-0.39, 0.29) is 0 Å². The molecule has 1 aromatic heterocycles. The average Bonchev–Trinajstić information content (AvgIpc) is 2.64. The maximum Gasteiger partial charge on any atom is 0.0745 e. The molecule has 2 N–H and O–H groups in total. The Hall–Kier alpha value is -3.13. The van der Waals surface area contributed by atoms with Crippen molar-refractivity contribution < 1.29 is 0 Å². The number of pyridine rings is 1. The van der Waals surface area contributed by atoms with Gasteiger partial charge >= 0.3 is 0 Å². The molecule has 3 aromatic carbocycles. The molecular formula is C22H18N2. The summed E-state index contributed by atoms with van der Waals surface area (Å²) in [4.78, 5) is 4.93. The van der Waals surface area contributed by atoms with Gasteiger partial charge in [0.25, 0.3) is 0 Å². The second-order valence-electron chi connectivity index (χ2n) is 5.93. The van der Waals surface area contributed by atoms with Crippen LogP contribution in [0, 0.1) is 0 Å². The van der Waals surface area contributed by atoms with Gasteiger partial charge in [0.2, 0.25) is 0 Å². The monoisotopic (exact) mass is 310 g/mol. The van der Waals surface area contributed by atoms with Crippen molar-refractivity contribution in [3.63, 3.8) is 0 Å². The summed E-state index contributed by atoms with van der Waals surface area (Å²) in [5.74, 6) is 0. The molecule has 4 aromatic rings. The lowest BCUT2D eigenvalue weighted by molar-refractivity contribution is 1.17. The molecule has 0 aliphatic heterocycles. The van der Waals surface area contributed by atoms with Crippen molar-refractivity contribution in [2.24, 2.45) is 0 Å². The quantitative estimate of drug-likeness (QED) is 0.536. The second kappa shape index (κ2) is 6.17. The predicted octanol–water partition coefficient (Wildman–Crippen LogP) is 5.07. The van der Waals surface area contributed by atoms with Crippen LogP contribution in [0.1, 0.15) is 11.1 Å². The summed E-state index contributed by atoms with van der Waals surface area (Å²) in [6.07, 6.45) is 0.773. The fraction of sp³-hybridized carbons (Fsp3) is 0.0455. The zero-order valence-electron chi connectivity index (χ0n) is 13.3. The van der Waals surface area contributed by atoms with E-state index in [9.17, 15) is 0 Å². The van der Waals surface area contributed by atoms with E-state index in [0.717, 1.165) is 39.8 Å². The molecule has 0 atom stereocenters. The Morgan fingerprint density at radius 3 is 2.25 bits per heavy atom. The maximum absolute atomic E-state index is 6.15. The summed E-state index contributed by atoms with van der Waals surface area (Å²) in [6.45, 7) is 0. The Morgan fingerprint density at radius 1 is 0.708 bits per heavy atom. The number of nitrogens with two attached hydrogens (primary N) is 1. The molecule has 0 fully saturated rings. The number of fused-ring (bicyclic) bond motifs is 1. The molecule has 2 heteroatoms. The molecule has 0 aliphatic carbocycles. The topological polar surface area (TPSA) is 38.9 Å². The van der Waals surface area contributed by atoms with E-state index in [4.69, 9.17) is 10.7 Å². The van der Waals surface area contributed by atoms with E-state index in [2.05, 4.69) is 36.4 Å². The van der Waals surface area contributed by atoms with Gasteiger partial charge in [0.1, 0.15) is 0 Å². The molecule has 0 aliphatic rings.